The van der Waals surface area contributed by atoms with E-state index in [-0.39, 0.29) is 25.5 Å². The second kappa shape index (κ2) is 7.13. The number of amides is 1. The van der Waals surface area contributed by atoms with Crippen molar-refractivity contribution >= 4 is 27.8 Å². The lowest BCUT2D eigenvalue weighted by molar-refractivity contribution is -0.305. The van der Waals surface area contributed by atoms with Gasteiger partial charge in [0.1, 0.15) is 5.75 Å². The largest absolute Gasteiger partial charge is 0.550 e. The lowest BCUT2D eigenvalue weighted by Gasteiger charge is -2.12. The molecule has 0 atom stereocenters. The summed E-state index contributed by atoms with van der Waals surface area (Å²) in [4.78, 5) is 21.6. The summed E-state index contributed by atoms with van der Waals surface area (Å²) in [5, 5.41) is 12.6. The van der Waals surface area contributed by atoms with Gasteiger partial charge in [0.2, 0.25) is 0 Å². The maximum atomic E-state index is 11.4. The Morgan fingerprint density at radius 3 is 2.42 bits per heavy atom. The molecule has 0 fully saturated rings. The number of carbonyl (C=O) groups is 2. The zero-order chi connectivity index (χ0) is 14.4. The minimum absolute atomic E-state index is 0.0445. The summed E-state index contributed by atoms with van der Waals surface area (Å²) < 4.78 is 6.40. The normalized spacial score (nSPS) is 10.1. The number of carbonyl (C=O) groups excluding carboxylic acids is 2. The third-order valence-corrected chi connectivity index (χ3v) is 2.88. The molecule has 0 radical (unpaired) electrons. The molecule has 1 N–H and O–H groups in total. The number of nitrogens with one attached hydrogen (secondary N) is 1. The molecule has 1 rings (SSSR count). The number of halogens is 1. The Morgan fingerprint density at radius 2 is 1.89 bits per heavy atom. The van der Waals surface area contributed by atoms with Gasteiger partial charge in [-0.05, 0) is 37.1 Å². The molecular formula is C13H15BrNO4-. The van der Waals surface area contributed by atoms with E-state index in [2.05, 4.69) is 21.2 Å². The van der Waals surface area contributed by atoms with Gasteiger partial charge in [0.15, 0.2) is 6.61 Å². The molecule has 1 aromatic carbocycles. The highest BCUT2D eigenvalue weighted by atomic mass is 79.9. The molecule has 0 aromatic heterocycles. The van der Waals surface area contributed by atoms with Gasteiger partial charge >= 0.3 is 0 Å². The van der Waals surface area contributed by atoms with Gasteiger partial charge in [-0.1, -0.05) is 15.9 Å². The first-order valence-corrected chi connectivity index (χ1v) is 6.55. The minimum Gasteiger partial charge on any atom is -0.550 e. The van der Waals surface area contributed by atoms with Crippen molar-refractivity contribution in [3.8, 4) is 5.75 Å². The third-order valence-electron chi connectivity index (χ3n) is 2.42. The summed E-state index contributed by atoms with van der Waals surface area (Å²) in [6.45, 7) is 3.68. The Bertz CT molecular complexity index is 465. The smallest absolute Gasteiger partial charge is 0.257 e. The molecule has 0 aliphatic heterocycles. The number of carboxylic acids is 1. The molecular weight excluding hydrogens is 314 g/mol. The summed E-state index contributed by atoms with van der Waals surface area (Å²) >= 11 is 3.38. The summed E-state index contributed by atoms with van der Waals surface area (Å²) in [6, 6.07) is 3.80. The fourth-order valence-electron chi connectivity index (χ4n) is 1.62. The first kappa shape index (κ1) is 15.5. The summed E-state index contributed by atoms with van der Waals surface area (Å²) in [7, 11) is 0. The fourth-order valence-corrected chi connectivity index (χ4v) is 2.30. The molecule has 5 nitrogen and oxygen atoms in total. The average molecular weight is 329 g/mol. The Kier molecular flexibility index (Phi) is 5.82. The number of ether oxygens (including phenoxy) is 1. The molecule has 6 heteroatoms. The van der Waals surface area contributed by atoms with Crippen LogP contribution < -0.4 is 15.2 Å². The van der Waals surface area contributed by atoms with Crippen LogP contribution in [0.4, 0.5) is 0 Å². The van der Waals surface area contributed by atoms with Gasteiger partial charge in [0, 0.05) is 23.4 Å². The monoisotopic (exact) mass is 328 g/mol. The number of hydrogen-bond acceptors (Lipinski definition) is 4. The second-order valence-electron chi connectivity index (χ2n) is 4.13. The van der Waals surface area contributed by atoms with Crippen LogP contribution in [0.2, 0.25) is 0 Å². The van der Waals surface area contributed by atoms with Crippen LogP contribution in [0.3, 0.4) is 0 Å². The van der Waals surface area contributed by atoms with Crippen LogP contribution in [-0.4, -0.2) is 25.0 Å². The van der Waals surface area contributed by atoms with Crippen molar-refractivity contribution in [3.63, 3.8) is 0 Å². The quantitative estimate of drug-likeness (QED) is 0.833. The molecule has 0 aliphatic carbocycles. The van der Waals surface area contributed by atoms with Crippen molar-refractivity contribution in [2.45, 2.75) is 20.3 Å². The standard InChI is InChI=1S/C13H16BrNO4/c1-8-5-10(14)6-9(2)13(8)19-7-11(16)15-4-3-12(17)18/h5-6H,3-4,7H2,1-2H3,(H,15,16)(H,17,18)/p-1. The van der Waals surface area contributed by atoms with Crippen LogP contribution in [-0.2, 0) is 9.59 Å². The van der Waals surface area contributed by atoms with Gasteiger partial charge in [0.25, 0.3) is 5.91 Å². The molecule has 0 spiro atoms. The van der Waals surface area contributed by atoms with E-state index in [1.807, 2.05) is 26.0 Å². The zero-order valence-corrected chi connectivity index (χ0v) is 12.4. The molecule has 0 unspecified atom stereocenters. The molecule has 104 valence electrons. The van der Waals surface area contributed by atoms with Crippen LogP contribution in [0, 0.1) is 13.8 Å². The first-order valence-electron chi connectivity index (χ1n) is 5.76. The molecule has 0 aliphatic rings. The van der Waals surface area contributed by atoms with Crippen LogP contribution in [0.1, 0.15) is 17.5 Å². The van der Waals surface area contributed by atoms with Crippen molar-refractivity contribution in [2.75, 3.05) is 13.2 Å². The molecule has 0 heterocycles. The number of aryl methyl sites for hydroxylation is 2. The van der Waals surface area contributed by atoms with Crippen LogP contribution in [0.5, 0.6) is 5.75 Å². The highest BCUT2D eigenvalue weighted by Gasteiger charge is 2.08. The highest BCUT2D eigenvalue weighted by Crippen LogP contribution is 2.27. The van der Waals surface area contributed by atoms with E-state index in [0.29, 0.717) is 5.75 Å². The first-order chi connectivity index (χ1) is 8.90. The lowest BCUT2D eigenvalue weighted by Crippen LogP contribution is -2.33. The van der Waals surface area contributed by atoms with Crippen molar-refractivity contribution in [2.24, 2.45) is 0 Å². The molecule has 0 bridgehead atoms. The number of benzene rings is 1. The highest BCUT2D eigenvalue weighted by molar-refractivity contribution is 9.10. The van der Waals surface area contributed by atoms with E-state index in [0.717, 1.165) is 15.6 Å². The van der Waals surface area contributed by atoms with Gasteiger partial charge in [-0.25, -0.2) is 0 Å². The van der Waals surface area contributed by atoms with Crippen molar-refractivity contribution in [1.29, 1.82) is 0 Å². The van der Waals surface area contributed by atoms with Gasteiger partial charge in [-0.15, -0.1) is 0 Å². The van der Waals surface area contributed by atoms with Crippen LogP contribution in [0.15, 0.2) is 16.6 Å². The van der Waals surface area contributed by atoms with E-state index < -0.39 is 5.97 Å². The second-order valence-corrected chi connectivity index (χ2v) is 5.05. The Hall–Kier alpha value is -1.56. The number of carboxylic acid groups (broad SMARTS) is 1. The van der Waals surface area contributed by atoms with Crippen LogP contribution >= 0.6 is 15.9 Å². The predicted molar refractivity (Wildman–Crippen MR) is 71.7 cm³/mol. The maximum absolute atomic E-state index is 11.4. The lowest BCUT2D eigenvalue weighted by atomic mass is 10.1. The Labute approximate surface area is 120 Å². The molecule has 1 aromatic rings. The minimum atomic E-state index is -1.19. The van der Waals surface area contributed by atoms with E-state index in [4.69, 9.17) is 4.74 Å². The zero-order valence-electron chi connectivity index (χ0n) is 10.8. The third kappa shape index (κ3) is 5.30. The van der Waals surface area contributed by atoms with E-state index in [1.165, 1.54) is 0 Å². The predicted octanol–water partition coefficient (Wildman–Crippen LogP) is 0.701. The van der Waals surface area contributed by atoms with E-state index in [1.54, 1.807) is 0 Å². The maximum Gasteiger partial charge on any atom is 0.257 e. The molecule has 0 saturated heterocycles. The summed E-state index contributed by atoms with van der Waals surface area (Å²) in [5.74, 6) is -0.887. The Morgan fingerprint density at radius 1 is 1.32 bits per heavy atom. The number of hydrogen-bond donors (Lipinski definition) is 1. The Balaban J connectivity index is 2.48. The summed E-state index contributed by atoms with van der Waals surface area (Å²) in [6.07, 6.45) is -0.206. The molecule has 19 heavy (non-hydrogen) atoms. The van der Waals surface area contributed by atoms with Gasteiger partial charge in [-0.3, -0.25) is 4.79 Å². The fraction of sp³-hybridized carbons (Fsp3) is 0.385. The van der Waals surface area contributed by atoms with Crippen molar-refractivity contribution < 1.29 is 19.4 Å². The van der Waals surface area contributed by atoms with Crippen LogP contribution in [0.25, 0.3) is 0 Å². The van der Waals surface area contributed by atoms with E-state index >= 15 is 0 Å². The van der Waals surface area contributed by atoms with Gasteiger partial charge in [0.05, 0.1) is 0 Å². The van der Waals surface area contributed by atoms with E-state index in [9.17, 15) is 14.7 Å². The SMILES string of the molecule is Cc1cc(Br)cc(C)c1OCC(=O)NCCC(=O)[O-]. The topological polar surface area (TPSA) is 78.5 Å². The van der Waals surface area contributed by atoms with Gasteiger partial charge < -0.3 is 20.0 Å². The van der Waals surface area contributed by atoms with Gasteiger partial charge in [-0.2, -0.15) is 0 Å². The summed E-state index contributed by atoms with van der Waals surface area (Å²) in [5.41, 5.74) is 1.85. The number of aliphatic carboxylic acids is 1. The molecule has 0 saturated carbocycles. The molecule has 1 amide bonds. The average Bonchev–Trinajstić information content (AvgIpc) is 2.26. The number of rotatable bonds is 6. The van der Waals surface area contributed by atoms with Crippen molar-refractivity contribution in [1.82, 2.24) is 5.32 Å². The van der Waals surface area contributed by atoms with Crippen molar-refractivity contribution in [3.05, 3.63) is 27.7 Å².